The van der Waals surface area contributed by atoms with Gasteiger partial charge in [0.1, 0.15) is 10.6 Å². The molecule has 0 fully saturated rings. The highest BCUT2D eigenvalue weighted by Gasteiger charge is 2.25. The van der Waals surface area contributed by atoms with Crippen molar-refractivity contribution in [2.75, 3.05) is 7.11 Å². The van der Waals surface area contributed by atoms with E-state index in [4.69, 9.17) is 8.92 Å². The summed E-state index contributed by atoms with van der Waals surface area (Å²) in [5.74, 6) is -0.879. The summed E-state index contributed by atoms with van der Waals surface area (Å²) < 4.78 is 35.1. The summed E-state index contributed by atoms with van der Waals surface area (Å²) in [6.07, 6.45) is 0.470. The van der Waals surface area contributed by atoms with Gasteiger partial charge < -0.3 is 8.92 Å². The normalized spacial score (nSPS) is 12.5. The van der Waals surface area contributed by atoms with Gasteiger partial charge in [-0.05, 0) is 31.5 Å². The van der Waals surface area contributed by atoms with Crippen LogP contribution in [-0.2, 0) is 19.6 Å². The molecule has 1 unspecified atom stereocenters. The summed E-state index contributed by atoms with van der Waals surface area (Å²) in [6.45, 7) is 3.70. The molecule has 2 aromatic rings. The van der Waals surface area contributed by atoms with E-state index in [0.717, 1.165) is 5.56 Å². The molecule has 0 radical (unpaired) electrons. The lowest BCUT2D eigenvalue weighted by molar-refractivity contribution is -0.142. The van der Waals surface area contributed by atoms with Gasteiger partial charge in [-0.25, -0.2) is 0 Å². The molecule has 0 aromatic heterocycles. The molecule has 0 aliphatic heterocycles. The topological polar surface area (TPSA) is 69.7 Å². The van der Waals surface area contributed by atoms with E-state index in [0.29, 0.717) is 12.0 Å². The van der Waals surface area contributed by atoms with Crippen LogP contribution < -0.4 is 4.18 Å². The first kappa shape index (κ1) is 18.0. The first-order chi connectivity index (χ1) is 11.4. The third-order valence-electron chi connectivity index (χ3n) is 3.70. The SMILES string of the molecule is CCC(C(=O)OC)c1ccccc1OS(=O)(=O)c1ccc(C)cc1. The molecular formula is C18H20O5S. The molecule has 128 valence electrons. The van der Waals surface area contributed by atoms with E-state index in [1.165, 1.54) is 25.3 Å². The van der Waals surface area contributed by atoms with Crippen molar-refractivity contribution in [3.05, 3.63) is 59.7 Å². The van der Waals surface area contributed by atoms with Crippen LogP contribution in [0.2, 0.25) is 0 Å². The quantitative estimate of drug-likeness (QED) is 0.591. The maximum absolute atomic E-state index is 12.5. The van der Waals surface area contributed by atoms with Crippen molar-refractivity contribution in [2.45, 2.75) is 31.1 Å². The molecule has 0 saturated heterocycles. The van der Waals surface area contributed by atoms with Gasteiger partial charge in [0.15, 0.2) is 0 Å². The predicted molar refractivity (Wildman–Crippen MR) is 90.5 cm³/mol. The van der Waals surface area contributed by atoms with E-state index in [1.807, 2.05) is 13.8 Å². The number of aryl methyl sites for hydroxylation is 1. The minimum Gasteiger partial charge on any atom is -0.469 e. The minimum absolute atomic E-state index is 0.0639. The van der Waals surface area contributed by atoms with Crippen LogP contribution in [0.5, 0.6) is 5.75 Å². The lowest BCUT2D eigenvalue weighted by Gasteiger charge is -2.17. The molecule has 0 aliphatic rings. The molecule has 0 saturated carbocycles. The van der Waals surface area contributed by atoms with Crippen LogP contribution in [0.3, 0.4) is 0 Å². The number of para-hydroxylation sites is 1. The van der Waals surface area contributed by atoms with Crippen LogP contribution in [0, 0.1) is 6.92 Å². The Bertz CT molecular complexity index is 810. The van der Waals surface area contributed by atoms with E-state index in [9.17, 15) is 13.2 Å². The second-order valence-corrected chi connectivity index (χ2v) is 6.92. The van der Waals surface area contributed by atoms with Gasteiger partial charge >= 0.3 is 16.1 Å². The second-order valence-electron chi connectivity index (χ2n) is 5.37. The Kier molecular flexibility index (Phi) is 5.62. The van der Waals surface area contributed by atoms with E-state index < -0.39 is 22.0 Å². The fourth-order valence-corrected chi connectivity index (χ4v) is 3.33. The number of ether oxygens (including phenoxy) is 1. The lowest BCUT2D eigenvalue weighted by atomic mass is 9.96. The van der Waals surface area contributed by atoms with Crippen molar-refractivity contribution in [3.8, 4) is 5.75 Å². The third kappa shape index (κ3) is 3.94. The van der Waals surface area contributed by atoms with Crippen molar-refractivity contribution in [1.29, 1.82) is 0 Å². The number of hydrogen-bond acceptors (Lipinski definition) is 5. The summed E-state index contributed by atoms with van der Waals surface area (Å²) in [7, 11) is -2.68. The van der Waals surface area contributed by atoms with Crippen LogP contribution in [0.4, 0.5) is 0 Å². The zero-order valence-electron chi connectivity index (χ0n) is 13.9. The number of benzene rings is 2. The highest BCUT2D eigenvalue weighted by atomic mass is 32.2. The van der Waals surface area contributed by atoms with Crippen molar-refractivity contribution < 1.29 is 22.1 Å². The van der Waals surface area contributed by atoms with E-state index in [1.54, 1.807) is 30.3 Å². The molecule has 0 N–H and O–H groups in total. The largest absolute Gasteiger partial charge is 0.469 e. The number of esters is 1. The van der Waals surface area contributed by atoms with Gasteiger partial charge in [0, 0.05) is 5.56 Å². The Morgan fingerprint density at radius 1 is 1.08 bits per heavy atom. The van der Waals surface area contributed by atoms with Gasteiger partial charge in [-0.15, -0.1) is 0 Å². The molecule has 0 aliphatic carbocycles. The summed E-state index contributed by atoms with van der Waals surface area (Å²) in [5.41, 5.74) is 1.44. The smallest absolute Gasteiger partial charge is 0.339 e. The van der Waals surface area contributed by atoms with Gasteiger partial charge in [-0.1, -0.05) is 42.8 Å². The van der Waals surface area contributed by atoms with Gasteiger partial charge in [0.25, 0.3) is 0 Å². The Balaban J connectivity index is 2.39. The Morgan fingerprint density at radius 3 is 2.29 bits per heavy atom. The van der Waals surface area contributed by atoms with Crippen molar-refractivity contribution in [2.24, 2.45) is 0 Å². The molecule has 2 rings (SSSR count). The first-order valence-corrected chi connectivity index (χ1v) is 8.97. The fourth-order valence-electron chi connectivity index (χ4n) is 2.37. The summed E-state index contributed by atoms with van der Waals surface area (Å²) in [5, 5.41) is 0. The maximum atomic E-state index is 12.5. The fraction of sp³-hybridized carbons (Fsp3) is 0.278. The molecular weight excluding hydrogens is 328 g/mol. The van der Waals surface area contributed by atoms with Crippen LogP contribution in [0.1, 0.15) is 30.4 Å². The van der Waals surface area contributed by atoms with Crippen molar-refractivity contribution in [1.82, 2.24) is 0 Å². The van der Waals surface area contributed by atoms with E-state index in [-0.39, 0.29) is 10.6 Å². The Labute approximate surface area is 142 Å². The Hall–Kier alpha value is -2.34. The van der Waals surface area contributed by atoms with Crippen LogP contribution in [0.15, 0.2) is 53.4 Å². The molecule has 5 nitrogen and oxygen atoms in total. The number of carbonyl (C=O) groups is 1. The predicted octanol–water partition coefficient (Wildman–Crippen LogP) is 3.43. The molecule has 6 heteroatoms. The molecule has 0 bridgehead atoms. The third-order valence-corrected chi connectivity index (χ3v) is 4.95. The standard InChI is InChI=1S/C18H20O5S/c1-4-15(18(19)22-3)16-7-5-6-8-17(16)23-24(20,21)14-11-9-13(2)10-12-14/h5-12,15H,4H2,1-3H3. The monoisotopic (exact) mass is 348 g/mol. The van der Waals surface area contributed by atoms with Crippen LogP contribution >= 0.6 is 0 Å². The number of methoxy groups -OCH3 is 1. The molecule has 0 spiro atoms. The summed E-state index contributed by atoms with van der Waals surface area (Å²) >= 11 is 0. The number of carbonyl (C=O) groups excluding carboxylic acids is 1. The Morgan fingerprint density at radius 2 is 1.71 bits per heavy atom. The zero-order chi connectivity index (χ0) is 17.7. The van der Waals surface area contributed by atoms with E-state index >= 15 is 0 Å². The summed E-state index contributed by atoms with van der Waals surface area (Å²) in [6, 6.07) is 13.0. The van der Waals surface area contributed by atoms with Crippen molar-refractivity contribution in [3.63, 3.8) is 0 Å². The lowest BCUT2D eigenvalue weighted by Crippen LogP contribution is -2.17. The van der Waals surface area contributed by atoms with E-state index in [2.05, 4.69) is 0 Å². The minimum atomic E-state index is -3.98. The number of rotatable bonds is 6. The highest BCUT2D eigenvalue weighted by molar-refractivity contribution is 7.87. The first-order valence-electron chi connectivity index (χ1n) is 7.57. The van der Waals surface area contributed by atoms with Gasteiger partial charge in [-0.2, -0.15) is 8.42 Å². The average molecular weight is 348 g/mol. The molecule has 0 amide bonds. The molecule has 0 heterocycles. The highest BCUT2D eigenvalue weighted by Crippen LogP contribution is 2.31. The second kappa shape index (κ2) is 7.49. The van der Waals surface area contributed by atoms with Gasteiger partial charge in [0.05, 0.1) is 13.0 Å². The molecule has 2 aromatic carbocycles. The maximum Gasteiger partial charge on any atom is 0.339 e. The van der Waals surface area contributed by atoms with Crippen LogP contribution in [0.25, 0.3) is 0 Å². The summed E-state index contributed by atoms with van der Waals surface area (Å²) in [4.78, 5) is 12.0. The zero-order valence-corrected chi connectivity index (χ0v) is 14.7. The molecule has 24 heavy (non-hydrogen) atoms. The average Bonchev–Trinajstić information content (AvgIpc) is 2.57. The van der Waals surface area contributed by atoms with Crippen molar-refractivity contribution >= 4 is 16.1 Å². The van der Waals surface area contributed by atoms with Gasteiger partial charge in [-0.3, -0.25) is 4.79 Å². The number of hydrogen-bond donors (Lipinski definition) is 0. The molecule has 1 atom stereocenters. The van der Waals surface area contributed by atoms with Crippen LogP contribution in [-0.4, -0.2) is 21.5 Å². The van der Waals surface area contributed by atoms with Gasteiger partial charge in [0.2, 0.25) is 0 Å².